The van der Waals surface area contributed by atoms with E-state index in [1.165, 1.54) is 4.90 Å². The zero-order valence-corrected chi connectivity index (χ0v) is 23.0. The second-order valence-corrected chi connectivity index (χ2v) is 10.5. The fourth-order valence-electron chi connectivity index (χ4n) is 4.65. The van der Waals surface area contributed by atoms with Gasteiger partial charge in [0, 0.05) is 24.8 Å². The lowest BCUT2D eigenvalue weighted by atomic mass is 9.84. The third-order valence-corrected chi connectivity index (χ3v) is 6.45. The summed E-state index contributed by atoms with van der Waals surface area (Å²) in [6.45, 7) is 4.71. The monoisotopic (exact) mass is 572 g/mol. The smallest absolute Gasteiger partial charge is 0.405 e. The molecule has 0 saturated heterocycles. The van der Waals surface area contributed by atoms with Crippen molar-refractivity contribution >= 4 is 17.9 Å². The van der Waals surface area contributed by atoms with Gasteiger partial charge in [0.2, 0.25) is 5.91 Å². The Morgan fingerprint density at radius 3 is 2.39 bits per heavy atom. The molecule has 13 heteroatoms. The van der Waals surface area contributed by atoms with Crippen LogP contribution in [0.1, 0.15) is 44.6 Å². The number of amides is 3. The van der Waals surface area contributed by atoms with Crippen molar-refractivity contribution in [2.24, 2.45) is 11.3 Å². The number of nitrogens with zero attached hydrogens (tertiary/aromatic N) is 3. The Labute approximate surface area is 236 Å². The average Bonchev–Trinajstić information content (AvgIpc) is 3.32. The number of carbonyl (C=O) groups is 3. The predicted molar refractivity (Wildman–Crippen MR) is 146 cm³/mol. The number of aliphatic hydroxyl groups is 1. The molecule has 0 fully saturated rings. The molecule has 3 rings (SSSR count). The van der Waals surface area contributed by atoms with Crippen molar-refractivity contribution in [3.05, 3.63) is 77.8 Å². The fraction of sp³-hybridized carbons (Fsp3) is 0.357. The van der Waals surface area contributed by atoms with Crippen LogP contribution >= 0.6 is 0 Å². The highest BCUT2D eigenvalue weighted by Crippen LogP contribution is 2.39. The highest BCUT2D eigenvalue weighted by atomic mass is 19.1. The molecule has 0 bridgehead atoms. The third-order valence-electron chi connectivity index (χ3n) is 6.45. The van der Waals surface area contributed by atoms with E-state index in [0.29, 0.717) is 5.82 Å². The van der Waals surface area contributed by atoms with Gasteiger partial charge in [0.15, 0.2) is 0 Å². The lowest BCUT2D eigenvalue weighted by molar-refractivity contribution is -0.140. The van der Waals surface area contributed by atoms with Gasteiger partial charge in [-0.25, -0.2) is 24.4 Å². The molecule has 0 radical (unpaired) electrons. The van der Waals surface area contributed by atoms with Crippen molar-refractivity contribution in [2.45, 2.75) is 45.8 Å². The van der Waals surface area contributed by atoms with Crippen LogP contribution in [0.25, 0.3) is 11.3 Å². The van der Waals surface area contributed by atoms with Crippen LogP contribution in [0.2, 0.25) is 0 Å². The van der Waals surface area contributed by atoms with Crippen molar-refractivity contribution in [3.63, 3.8) is 0 Å². The van der Waals surface area contributed by atoms with Gasteiger partial charge in [-0.3, -0.25) is 15.0 Å². The second kappa shape index (κ2) is 13.3. The van der Waals surface area contributed by atoms with Crippen molar-refractivity contribution in [1.82, 2.24) is 25.2 Å². The first kappa shape index (κ1) is 31.2. The van der Waals surface area contributed by atoms with E-state index in [2.05, 4.69) is 10.3 Å². The maximum absolute atomic E-state index is 14.8. The quantitative estimate of drug-likeness (QED) is 0.134. The van der Waals surface area contributed by atoms with E-state index in [1.807, 2.05) is 56.5 Å². The number of nitrogens with two attached hydrogens (primary N) is 1. The second-order valence-electron chi connectivity index (χ2n) is 10.5. The number of imidazole rings is 1. The van der Waals surface area contributed by atoms with Crippen LogP contribution in [0.5, 0.6) is 0 Å². The van der Waals surface area contributed by atoms with Crippen LogP contribution in [0.4, 0.5) is 13.6 Å². The molecule has 0 aliphatic carbocycles. The van der Waals surface area contributed by atoms with E-state index in [0.717, 1.165) is 23.8 Å². The maximum Gasteiger partial charge on any atom is 0.405 e. The molecular formula is C28H34F2N6O5. The fourth-order valence-corrected chi connectivity index (χ4v) is 4.65. The summed E-state index contributed by atoms with van der Waals surface area (Å²) >= 11 is 0. The normalized spacial score (nSPS) is 12.9. The SMILES string of the molecule is CC(C)(C)[C@H](c1nc(-c2cc(F)ccc2F)cn1Cc1ccccc1)N(CC[C@H](NC(=O)O)C(=O)NN)C(=O)CO. The number of benzene rings is 2. The first-order chi connectivity index (χ1) is 19.3. The first-order valence-electron chi connectivity index (χ1n) is 12.8. The minimum atomic E-state index is -1.47. The largest absolute Gasteiger partial charge is 0.465 e. The van der Waals surface area contributed by atoms with Gasteiger partial charge >= 0.3 is 6.09 Å². The highest BCUT2D eigenvalue weighted by Gasteiger charge is 2.39. The zero-order chi connectivity index (χ0) is 30.3. The van der Waals surface area contributed by atoms with Crippen molar-refractivity contribution in [3.8, 4) is 11.3 Å². The van der Waals surface area contributed by atoms with Gasteiger partial charge in [-0.05, 0) is 35.6 Å². The number of carbonyl (C=O) groups excluding carboxylic acids is 2. The van der Waals surface area contributed by atoms with Crippen LogP contribution in [-0.2, 0) is 16.1 Å². The Balaban J connectivity index is 2.16. The maximum atomic E-state index is 14.8. The Kier molecular flexibility index (Phi) is 10.1. The van der Waals surface area contributed by atoms with E-state index < -0.39 is 53.6 Å². The lowest BCUT2D eigenvalue weighted by Gasteiger charge is -2.40. The topological polar surface area (TPSA) is 163 Å². The molecule has 3 amide bonds. The van der Waals surface area contributed by atoms with Crippen LogP contribution in [0, 0.1) is 17.0 Å². The third kappa shape index (κ3) is 7.86. The van der Waals surface area contributed by atoms with Gasteiger partial charge in [-0.2, -0.15) is 0 Å². The summed E-state index contributed by atoms with van der Waals surface area (Å²) in [6.07, 6.45) is -0.0820. The van der Waals surface area contributed by atoms with E-state index in [9.17, 15) is 33.4 Å². The first-order valence-corrected chi connectivity index (χ1v) is 12.8. The molecule has 0 spiro atoms. The number of hydrogen-bond donors (Lipinski definition) is 5. The Morgan fingerprint density at radius 2 is 1.80 bits per heavy atom. The van der Waals surface area contributed by atoms with Crippen molar-refractivity contribution < 1.29 is 33.4 Å². The van der Waals surface area contributed by atoms with Gasteiger partial charge in [-0.15, -0.1) is 0 Å². The summed E-state index contributed by atoms with van der Waals surface area (Å²) in [5, 5.41) is 21.1. The van der Waals surface area contributed by atoms with Crippen LogP contribution in [-0.4, -0.2) is 61.8 Å². The molecule has 220 valence electrons. The standard InChI is InChI=1S/C28H34F2N6O5/c1-28(2,3)24(36(23(38)16-37)12-11-21(26(39)34-31)33-27(40)41)25-32-22(19-13-18(29)9-10-20(19)30)15-35(25)14-17-7-5-4-6-8-17/h4-10,13,15,21,24,33,37H,11-12,14,16,31H2,1-3H3,(H,34,39)(H,40,41)/t21-,24-/m0/s1. The molecule has 11 nitrogen and oxygen atoms in total. The van der Waals surface area contributed by atoms with Gasteiger partial charge in [-0.1, -0.05) is 51.1 Å². The molecule has 1 aromatic heterocycles. The molecule has 2 atom stereocenters. The highest BCUT2D eigenvalue weighted by molar-refractivity contribution is 5.85. The molecule has 2 aromatic carbocycles. The van der Waals surface area contributed by atoms with Gasteiger partial charge in [0.1, 0.15) is 30.1 Å². The molecular weight excluding hydrogens is 538 g/mol. The van der Waals surface area contributed by atoms with Gasteiger partial charge in [0.25, 0.3) is 5.91 Å². The lowest BCUT2D eigenvalue weighted by Crippen LogP contribution is -2.51. The van der Waals surface area contributed by atoms with Crippen LogP contribution in [0.3, 0.4) is 0 Å². The Morgan fingerprint density at radius 1 is 1.12 bits per heavy atom. The molecule has 6 N–H and O–H groups in total. The molecule has 0 unspecified atom stereocenters. The van der Waals surface area contributed by atoms with Crippen LogP contribution in [0.15, 0.2) is 54.7 Å². The average molecular weight is 573 g/mol. The Bertz CT molecular complexity index is 1380. The van der Waals surface area contributed by atoms with E-state index in [-0.39, 0.29) is 30.8 Å². The molecule has 3 aromatic rings. The number of halogens is 2. The Hall–Kier alpha value is -4.36. The predicted octanol–water partition coefficient (Wildman–Crippen LogP) is 2.80. The molecule has 0 aliphatic rings. The summed E-state index contributed by atoms with van der Waals surface area (Å²) in [5.74, 6) is 2.66. The van der Waals surface area contributed by atoms with Gasteiger partial charge in [0.05, 0.1) is 11.7 Å². The summed E-state index contributed by atoms with van der Waals surface area (Å²) in [7, 11) is 0. The molecule has 41 heavy (non-hydrogen) atoms. The minimum Gasteiger partial charge on any atom is -0.465 e. The minimum absolute atomic E-state index is 0.0731. The number of carboxylic acid groups (broad SMARTS) is 1. The number of nitrogens with one attached hydrogen (secondary N) is 2. The summed E-state index contributed by atoms with van der Waals surface area (Å²) < 4.78 is 30.6. The molecule has 1 heterocycles. The van der Waals surface area contributed by atoms with E-state index >= 15 is 0 Å². The van der Waals surface area contributed by atoms with E-state index in [1.54, 1.807) is 10.8 Å². The van der Waals surface area contributed by atoms with Crippen LogP contribution < -0.4 is 16.6 Å². The summed E-state index contributed by atoms with van der Waals surface area (Å²) in [6, 6.07) is 10.2. The number of aliphatic hydroxyl groups excluding tert-OH is 1. The van der Waals surface area contributed by atoms with E-state index in [4.69, 9.17) is 5.84 Å². The summed E-state index contributed by atoms with van der Waals surface area (Å²) in [4.78, 5) is 42.6. The molecule has 0 aliphatic heterocycles. The number of hydrazine groups is 1. The summed E-state index contributed by atoms with van der Waals surface area (Å²) in [5.41, 5.74) is 2.08. The van der Waals surface area contributed by atoms with Crippen molar-refractivity contribution in [1.29, 1.82) is 0 Å². The number of rotatable bonds is 11. The number of aromatic nitrogens is 2. The molecule has 0 saturated carbocycles. The van der Waals surface area contributed by atoms with Crippen molar-refractivity contribution in [2.75, 3.05) is 13.2 Å². The zero-order valence-electron chi connectivity index (χ0n) is 23.0. The number of hydrogen-bond acceptors (Lipinski definition) is 6. The van der Waals surface area contributed by atoms with Gasteiger partial charge < -0.3 is 25.0 Å².